The Kier molecular flexibility index (Phi) is 10.6. The van der Waals surface area contributed by atoms with E-state index >= 15 is 0 Å². The number of rotatable bonds is 14. The first-order valence-corrected chi connectivity index (χ1v) is 10.3. The van der Waals surface area contributed by atoms with E-state index in [-0.39, 0.29) is 30.6 Å². The fourth-order valence-corrected chi connectivity index (χ4v) is 2.67. The molecule has 0 aromatic heterocycles. The number of ketones is 1. The van der Waals surface area contributed by atoms with Crippen molar-refractivity contribution in [2.75, 3.05) is 33.5 Å². The highest BCUT2D eigenvalue weighted by atomic mass is 16.6. The van der Waals surface area contributed by atoms with Crippen LogP contribution in [0.1, 0.15) is 41.0 Å². The van der Waals surface area contributed by atoms with Crippen LogP contribution < -0.4 is 16.0 Å². The van der Waals surface area contributed by atoms with Crippen molar-refractivity contribution in [1.82, 2.24) is 16.0 Å². The lowest BCUT2D eigenvalue weighted by molar-refractivity contribution is -0.132. The summed E-state index contributed by atoms with van der Waals surface area (Å²) in [6.45, 7) is 8.90. The third-order valence-corrected chi connectivity index (χ3v) is 4.49. The first kappa shape index (κ1) is 26.5. The first-order chi connectivity index (χ1) is 14.5. The molecule has 31 heavy (non-hydrogen) atoms. The lowest BCUT2D eigenvalue weighted by atomic mass is 9.93. The van der Waals surface area contributed by atoms with E-state index in [1.807, 2.05) is 13.8 Å². The molecule has 1 rings (SSSR count). The normalized spacial score (nSPS) is 19.9. The van der Waals surface area contributed by atoms with E-state index in [1.165, 1.54) is 14.0 Å². The fraction of sp³-hybridized carbons (Fsp3) is 0.750. The minimum absolute atomic E-state index is 0.0410. The number of hydrogen-bond acceptors (Lipinski definition) is 8. The zero-order valence-electron chi connectivity index (χ0n) is 19.1. The molecular formula is C20H34N4O7. The number of oxime groups is 1. The van der Waals surface area contributed by atoms with E-state index in [2.05, 4.69) is 21.1 Å². The molecule has 1 fully saturated rings. The van der Waals surface area contributed by atoms with Crippen molar-refractivity contribution in [2.45, 2.75) is 58.7 Å². The quantitative estimate of drug-likeness (QED) is 0.187. The monoisotopic (exact) mass is 442 g/mol. The summed E-state index contributed by atoms with van der Waals surface area (Å²) in [5, 5.41) is 11.2. The largest absolute Gasteiger partial charge is 0.396 e. The standard InChI is InChI=1S/C20H34N4O7/c1-7-31-24-13(4)18(27)23-15(10-29-6)19(28)21-9-16(25)22-14(8-12(2)3)17(26)20(5)11-30-20/h12,14-15H,7-11H2,1-6H3,(H,21,28)(H,22,25)(H,23,27)/b24-13+/t14?,15-,20+/m0/s1. The molecule has 1 aliphatic rings. The van der Waals surface area contributed by atoms with Gasteiger partial charge in [-0.3, -0.25) is 19.2 Å². The smallest absolute Gasteiger partial charge is 0.269 e. The highest BCUT2D eigenvalue weighted by Gasteiger charge is 2.50. The summed E-state index contributed by atoms with van der Waals surface area (Å²) in [6, 6.07) is -1.74. The number of nitrogens with one attached hydrogen (secondary N) is 3. The van der Waals surface area contributed by atoms with Crippen molar-refractivity contribution in [3.63, 3.8) is 0 Å². The minimum Gasteiger partial charge on any atom is -0.396 e. The summed E-state index contributed by atoms with van der Waals surface area (Å²) in [6.07, 6.45) is 0.457. The van der Waals surface area contributed by atoms with Crippen LogP contribution in [-0.2, 0) is 33.5 Å². The molecule has 0 aromatic rings. The van der Waals surface area contributed by atoms with Crippen molar-refractivity contribution >= 4 is 29.2 Å². The Morgan fingerprint density at radius 2 is 1.81 bits per heavy atom. The number of nitrogens with zero attached hydrogens (tertiary/aromatic N) is 1. The maximum absolute atomic E-state index is 12.6. The van der Waals surface area contributed by atoms with E-state index in [9.17, 15) is 19.2 Å². The van der Waals surface area contributed by atoms with Crippen molar-refractivity contribution < 1.29 is 33.5 Å². The predicted molar refractivity (Wildman–Crippen MR) is 112 cm³/mol. The molecule has 1 aliphatic heterocycles. The van der Waals surface area contributed by atoms with Gasteiger partial charge in [0.05, 0.1) is 25.8 Å². The Hall–Kier alpha value is -2.53. The van der Waals surface area contributed by atoms with E-state index in [1.54, 1.807) is 13.8 Å². The predicted octanol–water partition coefficient (Wildman–Crippen LogP) is -0.465. The second kappa shape index (κ2) is 12.4. The molecule has 1 unspecified atom stereocenters. The van der Waals surface area contributed by atoms with E-state index in [4.69, 9.17) is 14.3 Å². The zero-order chi connectivity index (χ0) is 23.6. The number of carbonyl (C=O) groups is 4. The van der Waals surface area contributed by atoms with Crippen molar-refractivity contribution in [1.29, 1.82) is 0 Å². The van der Waals surface area contributed by atoms with Gasteiger partial charge in [0.25, 0.3) is 5.91 Å². The van der Waals surface area contributed by atoms with Gasteiger partial charge in [-0.15, -0.1) is 0 Å². The fourth-order valence-electron chi connectivity index (χ4n) is 2.67. The van der Waals surface area contributed by atoms with Gasteiger partial charge in [0.1, 0.15) is 24.0 Å². The number of hydrogen-bond donors (Lipinski definition) is 3. The minimum atomic E-state index is -1.04. The number of amides is 3. The van der Waals surface area contributed by atoms with Crippen molar-refractivity contribution in [3.8, 4) is 0 Å². The third kappa shape index (κ3) is 9.01. The molecule has 3 amide bonds. The van der Waals surface area contributed by atoms with Crippen molar-refractivity contribution in [2.24, 2.45) is 11.1 Å². The SMILES string of the molecule is CCO/N=C(\C)C(=O)N[C@@H](COC)C(=O)NCC(=O)NC(CC(C)C)C(=O)[C@@]1(C)CO1. The van der Waals surface area contributed by atoms with Crippen LogP contribution in [0.3, 0.4) is 0 Å². The van der Waals surface area contributed by atoms with Crippen LogP contribution in [0.5, 0.6) is 0 Å². The maximum Gasteiger partial charge on any atom is 0.269 e. The summed E-state index contributed by atoms with van der Waals surface area (Å²) in [5.41, 5.74) is -0.815. The lowest BCUT2D eigenvalue weighted by Crippen LogP contribution is -2.54. The summed E-state index contributed by atoms with van der Waals surface area (Å²) < 4.78 is 10.2. The van der Waals surface area contributed by atoms with E-state index in [0.717, 1.165) is 0 Å². The summed E-state index contributed by atoms with van der Waals surface area (Å²) >= 11 is 0. The van der Waals surface area contributed by atoms with Crippen LogP contribution in [0.15, 0.2) is 5.16 Å². The van der Waals surface area contributed by atoms with Gasteiger partial charge in [-0.1, -0.05) is 19.0 Å². The second-order valence-electron chi connectivity index (χ2n) is 7.93. The summed E-state index contributed by atoms with van der Waals surface area (Å²) in [5.74, 6) is -1.74. The average molecular weight is 443 g/mol. The molecule has 11 heteroatoms. The molecule has 3 atom stereocenters. The molecule has 1 saturated heterocycles. The van der Waals surface area contributed by atoms with Crippen molar-refractivity contribution in [3.05, 3.63) is 0 Å². The van der Waals surface area contributed by atoms with Crippen LogP contribution in [0.4, 0.5) is 0 Å². The Bertz CT molecular complexity index is 689. The van der Waals surface area contributed by atoms with Crippen LogP contribution >= 0.6 is 0 Å². The maximum atomic E-state index is 12.6. The molecule has 0 bridgehead atoms. The number of carbonyl (C=O) groups excluding carboxylic acids is 4. The van der Waals surface area contributed by atoms with Gasteiger partial charge in [0.2, 0.25) is 11.8 Å². The molecule has 0 saturated carbocycles. The van der Waals surface area contributed by atoms with Crippen LogP contribution in [0, 0.1) is 5.92 Å². The Morgan fingerprint density at radius 3 is 2.32 bits per heavy atom. The lowest BCUT2D eigenvalue weighted by Gasteiger charge is -2.22. The summed E-state index contributed by atoms with van der Waals surface area (Å²) in [7, 11) is 1.38. The Balaban J connectivity index is 2.63. The molecule has 0 aliphatic carbocycles. The molecule has 11 nitrogen and oxygen atoms in total. The number of epoxide rings is 1. The highest BCUT2D eigenvalue weighted by molar-refractivity contribution is 6.38. The zero-order valence-corrected chi connectivity index (χ0v) is 19.1. The second-order valence-corrected chi connectivity index (χ2v) is 7.93. The van der Waals surface area contributed by atoms with Gasteiger partial charge in [0.15, 0.2) is 5.78 Å². The summed E-state index contributed by atoms with van der Waals surface area (Å²) in [4.78, 5) is 54.3. The molecule has 1 heterocycles. The number of ether oxygens (including phenoxy) is 2. The Morgan fingerprint density at radius 1 is 1.16 bits per heavy atom. The van der Waals surface area contributed by atoms with Crippen LogP contribution in [-0.4, -0.2) is 80.4 Å². The molecule has 0 aromatic carbocycles. The molecule has 176 valence electrons. The van der Waals surface area contributed by atoms with Gasteiger partial charge in [-0.2, -0.15) is 0 Å². The Labute approximate surface area is 182 Å². The number of Topliss-reactive ketones (excluding diaryl/α,β-unsaturated/α-hetero) is 1. The van der Waals surface area contributed by atoms with Crippen LogP contribution in [0.25, 0.3) is 0 Å². The molecule has 0 radical (unpaired) electrons. The first-order valence-electron chi connectivity index (χ1n) is 10.3. The van der Waals surface area contributed by atoms with Crippen LogP contribution in [0.2, 0.25) is 0 Å². The third-order valence-electron chi connectivity index (χ3n) is 4.49. The number of methoxy groups -OCH3 is 1. The van der Waals surface area contributed by atoms with Gasteiger partial charge in [0, 0.05) is 7.11 Å². The topological polar surface area (TPSA) is 148 Å². The highest BCUT2D eigenvalue weighted by Crippen LogP contribution is 2.29. The molecular weight excluding hydrogens is 408 g/mol. The van der Waals surface area contributed by atoms with Gasteiger partial charge < -0.3 is 30.3 Å². The molecule has 0 spiro atoms. The van der Waals surface area contributed by atoms with E-state index < -0.39 is 35.4 Å². The average Bonchev–Trinajstić information content (AvgIpc) is 3.46. The van der Waals surface area contributed by atoms with E-state index in [0.29, 0.717) is 19.6 Å². The van der Waals surface area contributed by atoms with Gasteiger partial charge in [-0.25, -0.2) is 0 Å². The van der Waals surface area contributed by atoms with Gasteiger partial charge >= 0.3 is 0 Å². The molecule has 3 N–H and O–H groups in total. The van der Waals surface area contributed by atoms with Gasteiger partial charge in [-0.05, 0) is 33.1 Å².